The van der Waals surface area contributed by atoms with E-state index in [1.807, 2.05) is 0 Å². The third-order valence-corrected chi connectivity index (χ3v) is 3.00. The molecule has 5 nitrogen and oxygen atoms in total. The fraction of sp³-hybridized carbons (Fsp3) is 0.385. The number of thioether (sulfide) groups is 1. The minimum atomic E-state index is -1.09. The van der Waals surface area contributed by atoms with Gasteiger partial charge in [0, 0.05) is 10.6 Å². The summed E-state index contributed by atoms with van der Waals surface area (Å²) in [7, 11) is 0. The van der Waals surface area contributed by atoms with Gasteiger partial charge in [-0.2, -0.15) is 0 Å². The van der Waals surface area contributed by atoms with Gasteiger partial charge in [0.2, 0.25) is 0 Å². The number of hydrogen-bond acceptors (Lipinski definition) is 5. The molecule has 0 aliphatic rings. The zero-order valence-electron chi connectivity index (χ0n) is 11.1. The molecule has 0 aliphatic heterocycles. The molecule has 1 rings (SSSR count). The van der Waals surface area contributed by atoms with Gasteiger partial charge in [-0.25, -0.2) is 4.79 Å². The van der Waals surface area contributed by atoms with Gasteiger partial charge >= 0.3 is 11.9 Å². The summed E-state index contributed by atoms with van der Waals surface area (Å²) < 4.78 is 5.16. The van der Waals surface area contributed by atoms with Gasteiger partial charge in [-0.15, -0.1) is 11.8 Å². The Morgan fingerprint density at radius 2 is 2.00 bits per heavy atom. The summed E-state index contributed by atoms with van der Waals surface area (Å²) in [6, 6.07) is 4.64. The van der Waals surface area contributed by atoms with Gasteiger partial charge < -0.3 is 15.6 Å². The van der Waals surface area contributed by atoms with Gasteiger partial charge in [-0.05, 0) is 39.0 Å². The van der Waals surface area contributed by atoms with E-state index in [1.165, 1.54) is 23.9 Å². The minimum absolute atomic E-state index is 0.0363. The van der Waals surface area contributed by atoms with E-state index in [9.17, 15) is 9.59 Å². The van der Waals surface area contributed by atoms with Crippen LogP contribution in [-0.4, -0.2) is 28.4 Å². The summed E-state index contributed by atoms with van der Waals surface area (Å²) >= 11 is 1.22. The standard InChI is InChI=1S/C13H17NO4S/c1-13(2,3)18-11(15)7-19-8-4-5-10(14)9(6-8)12(16)17/h4-6H,7,14H2,1-3H3,(H,16,17). The Kier molecular flexibility index (Phi) is 4.83. The molecule has 0 heterocycles. The molecule has 0 fully saturated rings. The van der Waals surface area contributed by atoms with Crippen LogP contribution in [0.25, 0.3) is 0 Å². The Morgan fingerprint density at radius 1 is 1.37 bits per heavy atom. The maximum atomic E-state index is 11.5. The number of carboxylic acids is 1. The summed E-state index contributed by atoms with van der Waals surface area (Å²) in [6.45, 7) is 5.38. The van der Waals surface area contributed by atoms with Crippen molar-refractivity contribution in [3.05, 3.63) is 23.8 Å². The quantitative estimate of drug-likeness (QED) is 0.501. The molecule has 0 aliphatic carbocycles. The monoisotopic (exact) mass is 283 g/mol. The molecule has 0 saturated carbocycles. The molecule has 3 N–H and O–H groups in total. The Morgan fingerprint density at radius 3 is 2.53 bits per heavy atom. The number of carbonyl (C=O) groups excluding carboxylic acids is 1. The summed E-state index contributed by atoms with van der Waals surface area (Å²) in [5.74, 6) is -1.30. The number of nitrogens with two attached hydrogens (primary N) is 1. The van der Waals surface area contributed by atoms with Crippen LogP contribution in [0.15, 0.2) is 23.1 Å². The number of ether oxygens (including phenoxy) is 1. The number of carbonyl (C=O) groups is 2. The van der Waals surface area contributed by atoms with Crippen LogP contribution in [0.1, 0.15) is 31.1 Å². The first kappa shape index (κ1) is 15.4. The number of nitrogen functional groups attached to an aromatic ring is 1. The molecule has 0 bridgehead atoms. The van der Waals surface area contributed by atoms with Gasteiger partial charge in [0.25, 0.3) is 0 Å². The second-order valence-corrected chi connectivity index (χ2v) is 5.98. The second-order valence-electron chi connectivity index (χ2n) is 4.93. The van der Waals surface area contributed by atoms with Crippen LogP contribution in [0.5, 0.6) is 0 Å². The molecule has 1 aromatic rings. The summed E-state index contributed by atoms with van der Waals surface area (Å²) in [5, 5.41) is 8.94. The average Bonchev–Trinajstić information content (AvgIpc) is 2.25. The van der Waals surface area contributed by atoms with Crippen molar-refractivity contribution in [2.75, 3.05) is 11.5 Å². The highest BCUT2D eigenvalue weighted by molar-refractivity contribution is 8.00. The molecule has 0 radical (unpaired) electrons. The van der Waals surface area contributed by atoms with Crippen molar-refractivity contribution in [3.63, 3.8) is 0 Å². The first-order chi connectivity index (χ1) is 8.69. The molecule has 0 saturated heterocycles. The van der Waals surface area contributed by atoms with E-state index in [1.54, 1.807) is 26.8 Å². The Hall–Kier alpha value is -1.69. The zero-order chi connectivity index (χ0) is 14.6. The van der Waals surface area contributed by atoms with E-state index in [2.05, 4.69) is 0 Å². The van der Waals surface area contributed by atoms with Gasteiger partial charge in [-0.1, -0.05) is 0 Å². The SMILES string of the molecule is CC(C)(C)OC(=O)CSc1ccc(N)c(C(=O)O)c1. The van der Waals surface area contributed by atoms with E-state index in [0.29, 0.717) is 4.90 Å². The first-order valence-electron chi connectivity index (χ1n) is 5.66. The highest BCUT2D eigenvalue weighted by Crippen LogP contribution is 2.23. The van der Waals surface area contributed by atoms with Crippen LogP contribution < -0.4 is 5.73 Å². The van der Waals surface area contributed by atoms with Crippen LogP contribution in [0.3, 0.4) is 0 Å². The molecular formula is C13H17NO4S. The second kappa shape index (κ2) is 5.97. The lowest BCUT2D eigenvalue weighted by atomic mass is 10.2. The van der Waals surface area contributed by atoms with E-state index in [0.717, 1.165) is 0 Å². The number of anilines is 1. The fourth-order valence-electron chi connectivity index (χ4n) is 1.32. The summed E-state index contributed by atoms with van der Waals surface area (Å²) in [4.78, 5) is 23.1. The van der Waals surface area contributed by atoms with E-state index < -0.39 is 11.6 Å². The number of hydrogen-bond donors (Lipinski definition) is 2. The van der Waals surface area contributed by atoms with Crippen molar-refractivity contribution < 1.29 is 19.4 Å². The maximum Gasteiger partial charge on any atom is 0.337 e. The predicted molar refractivity (Wildman–Crippen MR) is 74.4 cm³/mol. The van der Waals surface area contributed by atoms with E-state index in [4.69, 9.17) is 15.6 Å². The zero-order valence-corrected chi connectivity index (χ0v) is 11.9. The van der Waals surface area contributed by atoms with Crippen molar-refractivity contribution >= 4 is 29.4 Å². The first-order valence-corrected chi connectivity index (χ1v) is 6.65. The maximum absolute atomic E-state index is 11.5. The van der Waals surface area contributed by atoms with E-state index >= 15 is 0 Å². The van der Waals surface area contributed by atoms with Gasteiger partial charge in [0.05, 0.1) is 11.3 Å². The largest absolute Gasteiger partial charge is 0.478 e. The lowest BCUT2D eigenvalue weighted by Crippen LogP contribution is -2.24. The molecular weight excluding hydrogens is 266 g/mol. The minimum Gasteiger partial charge on any atom is -0.478 e. The van der Waals surface area contributed by atoms with Crippen molar-refractivity contribution in [3.8, 4) is 0 Å². The van der Waals surface area contributed by atoms with Crippen LogP contribution in [0.4, 0.5) is 5.69 Å². The summed E-state index contributed by atoms with van der Waals surface area (Å²) in [6.07, 6.45) is 0. The normalized spacial score (nSPS) is 11.1. The van der Waals surface area contributed by atoms with Crippen LogP contribution in [0.2, 0.25) is 0 Å². The highest BCUT2D eigenvalue weighted by atomic mass is 32.2. The van der Waals surface area contributed by atoms with Crippen LogP contribution in [-0.2, 0) is 9.53 Å². The average molecular weight is 283 g/mol. The number of benzene rings is 1. The molecule has 0 unspecified atom stereocenters. The fourth-order valence-corrected chi connectivity index (χ4v) is 2.03. The van der Waals surface area contributed by atoms with Gasteiger partial charge in [0.1, 0.15) is 5.60 Å². The number of rotatable bonds is 4. The molecule has 0 amide bonds. The molecule has 0 atom stereocenters. The summed E-state index contributed by atoms with van der Waals surface area (Å²) in [5.41, 5.74) is 5.26. The van der Waals surface area contributed by atoms with Crippen molar-refractivity contribution in [2.24, 2.45) is 0 Å². The molecule has 0 aromatic heterocycles. The number of esters is 1. The predicted octanol–water partition coefficient (Wildman–Crippen LogP) is 2.40. The van der Waals surface area contributed by atoms with Crippen LogP contribution in [0, 0.1) is 0 Å². The van der Waals surface area contributed by atoms with E-state index in [-0.39, 0.29) is 23.0 Å². The lowest BCUT2D eigenvalue weighted by molar-refractivity contribution is -0.151. The van der Waals surface area contributed by atoms with Gasteiger partial charge in [0.15, 0.2) is 0 Å². The Bertz CT molecular complexity index is 494. The topological polar surface area (TPSA) is 89.6 Å². The van der Waals surface area contributed by atoms with Gasteiger partial charge in [-0.3, -0.25) is 4.79 Å². The Balaban J connectivity index is 2.66. The third-order valence-electron chi connectivity index (χ3n) is 2.03. The Labute approximate surface area is 116 Å². The number of carboxylic acid groups (broad SMARTS) is 1. The van der Waals surface area contributed by atoms with Crippen molar-refractivity contribution in [2.45, 2.75) is 31.3 Å². The molecule has 6 heteroatoms. The van der Waals surface area contributed by atoms with Crippen molar-refractivity contribution in [1.29, 1.82) is 0 Å². The molecule has 19 heavy (non-hydrogen) atoms. The van der Waals surface area contributed by atoms with Crippen molar-refractivity contribution in [1.82, 2.24) is 0 Å². The third kappa shape index (κ3) is 5.21. The van der Waals surface area contributed by atoms with Crippen LogP contribution >= 0.6 is 11.8 Å². The lowest BCUT2D eigenvalue weighted by Gasteiger charge is -2.19. The molecule has 104 valence electrons. The molecule has 0 spiro atoms. The smallest absolute Gasteiger partial charge is 0.337 e. The number of aromatic carboxylic acids is 1. The highest BCUT2D eigenvalue weighted by Gasteiger charge is 2.16. The molecule has 1 aromatic carbocycles.